The van der Waals surface area contributed by atoms with Crippen molar-refractivity contribution in [2.24, 2.45) is 0 Å². The summed E-state index contributed by atoms with van der Waals surface area (Å²) >= 11 is 0. The van der Waals surface area contributed by atoms with Gasteiger partial charge in [0.1, 0.15) is 11.6 Å². The summed E-state index contributed by atoms with van der Waals surface area (Å²) in [5.74, 6) is -0.479. The molecule has 1 aromatic rings. The van der Waals surface area contributed by atoms with Crippen LogP contribution in [0.3, 0.4) is 0 Å². The van der Waals surface area contributed by atoms with Gasteiger partial charge in [0.15, 0.2) is 0 Å². The Morgan fingerprint density at radius 1 is 1.28 bits per heavy atom. The van der Waals surface area contributed by atoms with Gasteiger partial charge in [0.05, 0.1) is 12.7 Å². The topological polar surface area (TPSA) is 32.8 Å². The highest BCUT2D eigenvalue weighted by Gasteiger charge is 2.16. The summed E-state index contributed by atoms with van der Waals surface area (Å²) < 4.78 is 18.6. The molecule has 0 bridgehead atoms. The Balaban J connectivity index is 2.77. The van der Waals surface area contributed by atoms with E-state index in [0.717, 1.165) is 6.54 Å². The Kier molecular flexibility index (Phi) is 5.09. The molecule has 0 heterocycles. The SMILES string of the molecule is COc1ccc(C(=O)N(C)CCN(C)C)c(F)c1. The van der Waals surface area contributed by atoms with E-state index in [1.54, 1.807) is 13.1 Å². The molecule has 1 amide bonds. The molecule has 0 spiro atoms. The van der Waals surface area contributed by atoms with Crippen molar-refractivity contribution in [3.05, 3.63) is 29.6 Å². The summed E-state index contributed by atoms with van der Waals surface area (Å²) in [6, 6.07) is 4.24. The summed E-state index contributed by atoms with van der Waals surface area (Å²) in [6.45, 7) is 1.29. The van der Waals surface area contributed by atoms with E-state index in [0.29, 0.717) is 12.3 Å². The minimum Gasteiger partial charge on any atom is -0.497 e. The second-order valence-corrected chi connectivity index (χ2v) is 4.38. The van der Waals surface area contributed by atoms with Gasteiger partial charge in [-0.15, -0.1) is 0 Å². The van der Waals surface area contributed by atoms with Crippen LogP contribution in [0.25, 0.3) is 0 Å². The Bertz CT molecular complexity index is 421. The van der Waals surface area contributed by atoms with E-state index in [9.17, 15) is 9.18 Å². The highest BCUT2D eigenvalue weighted by molar-refractivity contribution is 5.94. The fraction of sp³-hybridized carbons (Fsp3) is 0.462. The summed E-state index contributed by atoms with van der Waals surface area (Å²) in [7, 11) is 6.97. The first-order valence-electron chi connectivity index (χ1n) is 5.69. The standard InChI is InChI=1S/C13H19FN2O2/c1-15(2)7-8-16(3)13(17)11-6-5-10(18-4)9-12(11)14/h5-6,9H,7-8H2,1-4H3. The maximum absolute atomic E-state index is 13.7. The molecule has 0 N–H and O–H groups in total. The van der Waals surface area contributed by atoms with Gasteiger partial charge in [-0.2, -0.15) is 0 Å². The molecule has 0 aliphatic heterocycles. The number of ether oxygens (including phenoxy) is 1. The number of nitrogens with zero attached hydrogens (tertiary/aromatic N) is 2. The zero-order valence-electron chi connectivity index (χ0n) is 11.2. The number of likely N-dealkylation sites (N-methyl/N-ethyl adjacent to an activating group) is 2. The van der Waals surface area contributed by atoms with Crippen LogP contribution in [0.2, 0.25) is 0 Å². The number of rotatable bonds is 5. The van der Waals surface area contributed by atoms with Crippen LogP contribution in [-0.2, 0) is 0 Å². The number of hydrogen-bond donors (Lipinski definition) is 0. The molecule has 0 fully saturated rings. The third-order valence-electron chi connectivity index (χ3n) is 2.64. The van der Waals surface area contributed by atoms with Crippen LogP contribution in [0.15, 0.2) is 18.2 Å². The molecular formula is C13H19FN2O2. The molecule has 0 saturated carbocycles. The zero-order valence-corrected chi connectivity index (χ0v) is 11.2. The van der Waals surface area contributed by atoms with Crippen LogP contribution in [0.1, 0.15) is 10.4 Å². The van der Waals surface area contributed by atoms with Crippen molar-refractivity contribution >= 4 is 5.91 Å². The van der Waals surface area contributed by atoms with E-state index in [1.165, 1.54) is 24.1 Å². The molecule has 100 valence electrons. The van der Waals surface area contributed by atoms with Gasteiger partial charge in [-0.05, 0) is 26.2 Å². The van der Waals surface area contributed by atoms with Crippen molar-refractivity contribution in [2.75, 3.05) is 41.3 Å². The van der Waals surface area contributed by atoms with Gasteiger partial charge in [-0.25, -0.2) is 4.39 Å². The van der Waals surface area contributed by atoms with Crippen LogP contribution in [-0.4, -0.2) is 57.0 Å². The number of hydrogen-bond acceptors (Lipinski definition) is 3. The minimum atomic E-state index is -0.559. The Labute approximate surface area is 107 Å². The lowest BCUT2D eigenvalue weighted by Crippen LogP contribution is -2.33. The van der Waals surface area contributed by atoms with Crippen molar-refractivity contribution in [3.8, 4) is 5.75 Å². The Morgan fingerprint density at radius 2 is 1.94 bits per heavy atom. The quantitative estimate of drug-likeness (QED) is 0.797. The number of halogens is 1. The van der Waals surface area contributed by atoms with Crippen LogP contribution in [0.5, 0.6) is 5.75 Å². The van der Waals surface area contributed by atoms with Crippen LogP contribution in [0.4, 0.5) is 4.39 Å². The lowest BCUT2D eigenvalue weighted by atomic mass is 10.2. The molecule has 0 aliphatic carbocycles. The van der Waals surface area contributed by atoms with Gasteiger partial charge in [0.2, 0.25) is 0 Å². The average molecular weight is 254 g/mol. The Morgan fingerprint density at radius 3 is 2.44 bits per heavy atom. The van der Waals surface area contributed by atoms with Crippen LogP contribution < -0.4 is 4.74 Å². The van der Waals surface area contributed by atoms with E-state index in [4.69, 9.17) is 4.74 Å². The number of amides is 1. The maximum Gasteiger partial charge on any atom is 0.256 e. The second kappa shape index (κ2) is 6.35. The number of benzene rings is 1. The van der Waals surface area contributed by atoms with Gasteiger partial charge >= 0.3 is 0 Å². The summed E-state index contributed by atoms with van der Waals surface area (Å²) in [6.07, 6.45) is 0. The molecule has 4 nitrogen and oxygen atoms in total. The van der Waals surface area contributed by atoms with E-state index >= 15 is 0 Å². The van der Waals surface area contributed by atoms with Gasteiger partial charge in [0, 0.05) is 26.2 Å². The summed E-state index contributed by atoms with van der Waals surface area (Å²) in [4.78, 5) is 15.5. The van der Waals surface area contributed by atoms with Gasteiger partial charge in [-0.1, -0.05) is 0 Å². The third-order valence-corrected chi connectivity index (χ3v) is 2.64. The molecule has 1 rings (SSSR count). The van der Waals surface area contributed by atoms with Crippen LogP contribution >= 0.6 is 0 Å². The average Bonchev–Trinajstić information content (AvgIpc) is 2.34. The predicted octanol–water partition coefficient (Wildman–Crippen LogP) is 1.47. The first kappa shape index (κ1) is 14.4. The first-order valence-corrected chi connectivity index (χ1v) is 5.69. The van der Waals surface area contributed by atoms with Crippen molar-refractivity contribution in [3.63, 3.8) is 0 Å². The highest BCUT2D eigenvalue weighted by atomic mass is 19.1. The van der Waals surface area contributed by atoms with Crippen molar-refractivity contribution in [2.45, 2.75) is 0 Å². The molecule has 0 atom stereocenters. The largest absolute Gasteiger partial charge is 0.497 e. The summed E-state index contributed by atoms with van der Waals surface area (Å²) in [5, 5.41) is 0. The van der Waals surface area contributed by atoms with Crippen molar-refractivity contribution in [1.82, 2.24) is 9.80 Å². The van der Waals surface area contributed by atoms with E-state index < -0.39 is 5.82 Å². The fourth-order valence-corrected chi connectivity index (χ4v) is 1.45. The normalized spacial score (nSPS) is 10.6. The molecule has 0 unspecified atom stereocenters. The minimum absolute atomic E-state index is 0.0667. The highest BCUT2D eigenvalue weighted by Crippen LogP contribution is 2.17. The smallest absolute Gasteiger partial charge is 0.256 e. The third kappa shape index (κ3) is 3.70. The lowest BCUT2D eigenvalue weighted by molar-refractivity contribution is 0.0781. The van der Waals surface area contributed by atoms with E-state index in [1.807, 2.05) is 19.0 Å². The molecule has 0 aromatic heterocycles. The predicted molar refractivity (Wildman–Crippen MR) is 68.5 cm³/mol. The molecular weight excluding hydrogens is 235 g/mol. The molecule has 0 saturated heterocycles. The van der Waals surface area contributed by atoms with Crippen molar-refractivity contribution < 1.29 is 13.9 Å². The Hall–Kier alpha value is -1.62. The van der Waals surface area contributed by atoms with Gasteiger partial charge < -0.3 is 14.5 Å². The zero-order chi connectivity index (χ0) is 13.7. The molecule has 0 radical (unpaired) electrons. The molecule has 1 aromatic carbocycles. The van der Waals surface area contributed by atoms with Crippen molar-refractivity contribution in [1.29, 1.82) is 0 Å². The fourth-order valence-electron chi connectivity index (χ4n) is 1.45. The van der Waals surface area contributed by atoms with Crippen LogP contribution in [0, 0.1) is 5.82 Å². The van der Waals surface area contributed by atoms with E-state index in [-0.39, 0.29) is 11.5 Å². The first-order chi connectivity index (χ1) is 8.45. The molecule has 0 aliphatic rings. The monoisotopic (exact) mass is 254 g/mol. The lowest BCUT2D eigenvalue weighted by Gasteiger charge is -2.20. The maximum atomic E-state index is 13.7. The molecule has 18 heavy (non-hydrogen) atoms. The second-order valence-electron chi connectivity index (χ2n) is 4.38. The number of carbonyl (C=O) groups excluding carboxylic acids is 1. The number of methoxy groups -OCH3 is 1. The number of carbonyl (C=O) groups is 1. The summed E-state index contributed by atoms with van der Waals surface area (Å²) in [5.41, 5.74) is 0.0667. The van der Waals surface area contributed by atoms with Gasteiger partial charge in [0.25, 0.3) is 5.91 Å². The van der Waals surface area contributed by atoms with Gasteiger partial charge in [-0.3, -0.25) is 4.79 Å². The molecule has 5 heteroatoms. The van der Waals surface area contributed by atoms with E-state index in [2.05, 4.69) is 0 Å².